The highest BCUT2D eigenvalue weighted by Gasteiger charge is 2.09. The standard InChI is InChI=1S/C16H15N3OS/c1-10-5-6-13-12(8-10)9-14(17-13)16(20)19-18-11(2)15-4-3-7-21-15/h3-9,17H,1-2H3,(H,19,20)/b18-11-. The van der Waals surface area contributed by atoms with Gasteiger partial charge in [0.1, 0.15) is 5.69 Å². The number of hydrazone groups is 1. The Morgan fingerprint density at radius 2 is 2.14 bits per heavy atom. The van der Waals surface area contributed by atoms with E-state index in [1.807, 2.05) is 55.6 Å². The van der Waals surface area contributed by atoms with Crippen molar-refractivity contribution >= 4 is 33.9 Å². The van der Waals surface area contributed by atoms with E-state index < -0.39 is 0 Å². The third-order valence-electron chi connectivity index (χ3n) is 3.22. The van der Waals surface area contributed by atoms with Gasteiger partial charge in [-0.1, -0.05) is 17.7 Å². The van der Waals surface area contributed by atoms with Gasteiger partial charge in [-0.25, -0.2) is 5.43 Å². The summed E-state index contributed by atoms with van der Waals surface area (Å²) in [7, 11) is 0. The summed E-state index contributed by atoms with van der Waals surface area (Å²) in [6, 6.07) is 11.8. The number of carbonyl (C=O) groups is 1. The van der Waals surface area contributed by atoms with Gasteiger partial charge in [-0.3, -0.25) is 4.79 Å². The van der Waals surface area contributed by atoms with Crippen LogP contribution in [-0.4, -0.2) is 16.6 Å². The van der Waals surface area contributed by atoms with Gasteiger partial charge in [0.05, 0.1) is 5.71 Å². The normalized spacial score (nSPS) is 11.8. The van der Waals surface area contributed by atoms with Crippen LogP contribution in [0.4, 0.5) is 0 Å². The second-order valence-electron chi connectivity index (χ2n) is 4.89. The van der Waals surface area contributed by atoms with Crippen LogP contribution >= 0.6 is 11.3 Å². The molecule has 0 aliphatic carbocycles. The molecule has 0 spiro atoms. The van der Waals surface area contributed by atoms with E-state index in [0.717, 1.165) is 21.5 Å². The fourth-order valence-electron chi connectivity index (χ4n) is 2.11. The van der Waals surface area contributed by atoms with Gasteiger partial charge in [0.15, 0.2) is 0 Å². The van der Waals surface area contributed by atoms with Crippen LogP contribution in [0.5, 0.6) is 0 Å². The van der Waals surface area contributed by atoms with Crippen LogP contribution in [0.3, 0.4) is 0 Å². The number of carbonyl (C=O) groups excluding carboxylic acids is 1. The number of hydrogen-bond acceptors (Lipinski definition) is 3. The molecule has 0 unspecified atom stereocenters. The smallest absolute Gasteiger partial charge is 0.287 e. The summed E-state index contributed by atoms with van der Waals surface area (Å²) in [6.45, 7) is 3.90. The molecule has 0 fully saturated rings. The monoisotopic (exact) mass is 297 g/mol. The first-order chi connectivity index (χ1) is 10.1. The molecule has 0 aliphatic heterocycles. The van der Waals surface area contributed by atoms with Crippen molar-refractivity contribution in [1.82, 2.24) is 10.4 Å². The summed E-state index contributed by atoms with van der Waals surface area (Å²) in [5.74, 6) is -0.236. The van der Waals surface area contributed by atoms with Gasteiger partial charge in [0, 0.05) is 15.8 Å². The van der Waals surface area contributed by atoms with E-state index in [1.54, 1.807) is 11.3 Å². The van der Waals surface area contributed by atoms with Crippen LogP contribution in [0, 0.1) is 6.92 Å². The van der Waals surface area contributed by atoms with Gasteiger partial charge in [0.2, 0.25) is 0 Å². The van der Waals surface area contributed by atoms with E-state index in [4.69, 9.17) is 0 Å². The summed E-state index contributed by atoms with van der Waals surface area (Å²) < 4.78 is 0. The number of aromatic amines is 1. The second kappa shape index (κ2) is 5.54. The third-order valence-corrected chi connectivity index (χ3v) is 4.20. The Kier molecular flexibility index (Phi) is 3.58. The maximum atomic E-state index is 12.1. The molecule has 0 saturated heterocycles. The fraction of sp³-hybridized carbons (Fsp3) is 0.125. The highest BCUT2D eigenvalue weighted by molar-refractivity contribution is 7.12. The van der Waals surface area contributed by atoms with E-state index in [-0.39, 0.29) is 5.91 Å². The highest BCUT2D eigenvalue weighted by atomic mass is 32.1. The number of thiophene rings is 1. The van der Waals surface area contributed by atoms with E-state index in [0.29, 0.717) is 5.69 Å². The average molecular weight is 297 g/mol. The maximum Gasteiger partial charge on any atom is 0.287 e. The summed E-state index contributed by atoms with van der Waals surface area (Å²) >= 11 is 1.59. The minimum atomic E-state index is -0.236. The molecule has 21 heavy (non-hydrogen) atoms. The van der Waals surface area contributed by atoms with Crippen LogP contribution in [0.1, 0.15) is 27.9 Å². The number of hydrogen-bond donors (Lipinski definition) is 2. The maximum absolute atomic E-state index is 12.1. The number of benzene rings is 1. The number of aromatic nitrogens is 1. The van der Waals surface area contributed by atoms with E-state index in [9.17, 15) is 4.79 Å². The van der Waals surface area contributed by atoms with Crippen molar-refractivity contribution < 1.29 is 4.79 Å². The molecule has 4 nitrogen and oxygen atoms in total. The van der Waals surface area contributed by atoms with Gasteiger partial charge in [0.25, 0.3) is 5.91 Å². The third kappa shape index (κ3) is 2.87. The van der Waals surface area contributed by atoms with E-state index in [2.05, 4.69) is 15.5 Å². The number of amides is 1. The predicted molar refractivity (Wildman–Crippen MR) is 87.0 cm³/mol. The van der Waals surface area contributed by atoms with Crippen molar-refractivity contribution in [3.63, 3.8) is 0 Å². The van der Waals surface area contributed by atoms with Crippen molar-refractivity contribution in [2.24, 2.45) is 5.10 Å². The molecule has 0 radical (unpaired) electrons. The number of H-pyrrole nitrogens is 1. The fourth-order valence-corrected chi connectivity index (χ4v) is 2.79. The second-order valence-corrected chi connectivity index (χ2v) is 5.84. The van der Waals surface area contributed by atoms with Crippen molar-refractivity contribution in [2.75, 3.05) is 0 Å². The SMILES string of the molecule is C/C(=N/NC(=O)c1cc2cc(C)ccc2[nH]1)c1cccs1. The largest absolute Gasteiger partial charge is 0.350 e. The van der Waals surface area contributed by atoms with Gasteiger partial charge < -0.3 is 4.98 Å². The van der Waals surface area contributed by atoms with Crippen LogP contribution in [0.15, 0.2) is 46.9 Å². The number of rotatable bonds is 3. The predicted octanol–water partition coefficient (Wildman–Crippen LogP) is 3.69. The first kappa shape index (κ1) is 13.6. The zero-order valence-electron chi connectivity index (χ0n) is 11.8. The highest BCUT2D eigenvalue weighted by Crippen LogP contribution is 2.17. The van der Waals surface area contributed by atoms with Crippen molar-refractivity contribution in [3.8, 4) is 0 Å². The van der Waals surface area contributed by atoms with Crippen molar-refractivity contribution in [2.45, 2.75) is 13.8 Å². The molecule has 1 aromatic carbocycles. The van der Waals surface area contributed by atoms with Crippen LogP contribution in [-0.2, 0) is 0 Å². The van der Waals surface area contributed by atoms with Crippen LogP contribution < -0.4 is 5.43 Å². The number of nitrogens with zero attached hydrogens (tertiary/aromatic N) is 1. The molecule has 0 atom stereocenters. The number of nitrogens with one attached hydrogen (secondary N) is 2. The zero-order valence-corrected chi connectivity index (χ0v) is 12.6. The minimum Gasteiger partial charge on any atom is -0.350 e. The Morgan fingerprint density at radius 1 is 1.29 bits per heavy atom. The lowest BCUT2D eigenvalue weighted by molar-refractivity contribution is 0.0950. The van der Waals surface area contributed by atoms with Crippen molar-refractivity contribution in [1.29, 1.82) is 0 Å². The van der Waals surface area contributed by atoms with Gasteiger partial charge in [-0.2, -0.15) is 5.10 Å². The molecule has 0 saturated carbocycles. The molecule has 5 heteroatoms. The summed E-state index contributed by atoms with van der Waals surface area (Å²) in [5, 5.41) is 7.15. The Hall–Kier alpha value is -2.40. The summed E-state index contributed by atoms with van der Waals surface area (Å²) in [5.41, 5.74) is 6.01. The Labute approximate surface area is 126 Å². The van der Waals surface area contributed by atoms with Crippen molar-refractivity contribution in [3.05, 3.63) is 57.9 Å². The summed E-state index contributed by atoms with van der Waals surface area (Å²) in [4.78, 5) is 16.3. The number of aryl methyl sites for hydroxylation is 1. The lowest BCUT2D eigenvalue weighted by atomic mass is 10.2. The molecule has 3 aromatic rings. The molecule has 0 bridgehead atoms. The molecule has 0 aliphatic rings. The first-order valence-electron chi connectivity index (χ1n) is 6.61. The Bertz CT molecular complexity index is 815. The van der Waals surface area contributed by atoms with Gasteiger partial charge in [-0.15, -0.1) is 11.3 Å². The van der Waals surface area contributed by atoms with Gasteiger partial charge in [-0.05, 0) is 43.5 Å². The molecule has 3 rings (SSSR count). The molecule has 1 amide bonds. The molecular formula is C16H15N3OS. The molecule has 106 valence electrons. The number of fused-ring (bicyclic) bond motifs is 1. The van der Waals surface area contributed by atoms with Crippen LogP contribution in [0.2, 0.25) is 0 Å². The lowest BCUT2D eigenvalue weighted by Crippen LogP contribution is -2.19. The van der Waals surface area contributed by atoms with E-state index in [1.165, 1.54) is 5.56 Å². The minimum absolute atomic E-state index is 0.236. The Morgan fingerprint density at radius 3 is 2.90 bits per heavy atom. The first-order valence-corrected chi connectivity index (χ1v) is 7.49. The molecule has 2 N–H and O–H groups in total. The Balaban J connectivity index is 1.79. The topological polar surface area (TPSA) is 57.2 Å². The molecule has 2 aromatic heterocycles. The molecular weight excluding hydrogens is 282 g/mol. The van der Waals surface area contributed by atoms with Gasteiger partial charge >= 0.3 is 0 Å². The molecule has 2 heterocycles. The van der Waals surface area contributed by atoms with Crippen LogP contribution in [0.25, 0.3) is 10.9 Å². The zero-order chi connectivity index (χ0) is 14.8. The average Bonchev–Trinajstić information content (AvgIpc) is 3.12. The lowest BCUT2D eigenvalue weighted by Gasteiger charge is -1.99. The van der Waals surface area contributed by atoms with E-state index >= 15 is 0 Å². The quantitative estimate of drug-likeness (QED) is 0.562. The summed E-state index contributed by atoms with van der Waals surface area (Å²) in [6.07, 6.45) is 0.